The zero-order valence-electron chi connectivity index (χ0n) is 10.3. The Kier molecular flexibility index (Phi) is 3.04. The molecule has 0 bridgehead atoms. The monoisotopic (exact) mass is 282 g/mol. The minimum Gasteiger partial charge on any atom is -0.378 e. The number of ether oxygens (including phenoxy) is 1. The summed E-state index contributed by atoms with van der Waals surface area (Å²) in [5, 5.41) is 8.13. The number of H-pyrrole nitrogens is 1. The molecule has 0 aromatic carbocycles. The van der Waals surface area contributed by atoms with E-state index in [1.54, 1.807) is 18.4 Å². The van der Waals surface area contributed by atoms with Gasteiger partial charge in [0.05, 0.1) is 17.2 Å². The second-order valence-electron chi connectivity index (χ2n) is 4.44. The lowest BCUT2D eigenvalue weighted by atomic mass is 10.2. The average Bonchev–Trinajstić information content (AvgIpc) is 3.04. The Morgan fingerprint density at radius 3 is 2.89 bits per heavy atom. The topological polar surface area (TPSA) is 55.7 Å². The van der Waals surface area contributed by atoms with E-state index in [1.807, 2.05) is 11.6 Å². The SMILES string of the molecule is COCc1nc(C2CC2)c(-c2n[nH]c(=S)n2C)s1. The molecule has 96 valence electrons. The maximum absolute atomic E-state index is 5.16. The zero-order chi connectivity index (χ0) is 12.7. The summed E-state index contributed by atoms with van der Waals surface area (Å²) in [6.07, 6.45) is 2.44. The van der Waals surface area contributed by atoms with Crippen LogP contribution >= 0.6 is 23.6 Å². The molecule has 5 nitrogen and oxygen atoms in total. The molecule has 18 heavy (non-hydrogen) atoms. The fourth-order valence-electron chi connectivity index (χ4n) is 1.91. The first-order valence-electron chi connectivity index (χ1n) is 5.81. The summed E-state index contributed by atoms with van der Waals surface area (Å²) in [4.78, 5) is 5.81. The fraction of sp³-hybridized carbons (Fsp3) is 0.545. The largest absolute Gasteiger partial charge is 0.378 e. The van der Waals surface area contributed by atoms with Crippen LogP contribution in [0.5, 0.6) is 0 Å². The van der Waals surface area contributed by atoms with Crippen LogP contribution in [0.4, 0.5) is 0 Å². The molecule has 2 aromatic heterocycles. The fourth-order valence-corrected chi connectivity index (χ4v) is 3.19. The maximum atomic E-state index is 5.16. The lowest BCUT2D eigenvalue weighted by molar-refractivity contribution is 0.184. The highest BCUT2D eigenvalue weighted by Crippen LogP contribution is 2.45. The molecule has 0 spiro atoms. The standard InChI is InChI=1S/C11H14N4OS2/c1-15-10(13-14-11(15)17)9-8(6-3-4-6)12-7(18-9)5-16-2/h6H,3-5H2,1-2H3,(H,14,17). The highest BCUT2D eigenvalue weighted by Gasteiger charge is 2.31. The first-order chi connectivity index (χ1) is 8.70. The summed E-state index contributed by atoms with van der Waals surface area (Å²) in [7, 11) is 3.61. The summed E-state index contributed by atoms with van der Waals surface area (Å²) >= 11 is 6.81. The van der Waals surface area contributed by atoms with E-state index in [1.165, 1.54) is 12.8 Å². The summed E-state index contributed by atoms with van der Waals surface area (Å²) in [6, 6.07) is 0. The highest BCUT2D eigenvalue weighted by molar-refractivity contribution is 7.71. The second kappa shape index (κ2) is 4.56. The van der Waals surface area contributed by atoms with Crippen LogP contribution in [0.25, 0.3) is 10.7 Å². The first kappa shape index (κ1) is 12.0. The number of rotatable bonds is 4. The summed E-state index contributed by atoms with van der Waals surface area (Å²) < 4.78 is 7.69. The zero-order valence-corrected chi connectivity index (χ0v) is 11.9. The third-order valence-corrected chi connectivity index (χ3v) is 4.42. The molecule has 3 rings (SSSR count). The van der Waals surface area contributed by atoms with Gasteiger partial charge in [0.1, 0.15) is 5.01 Å². The third-order valence-electron chi connectivity index (χ3n) is 3.01. The lowest BCUT2D eigenvalue weighted by Gasteiger charge is -1.99. The molecule has 1 aliphatic carbocycles. The first-order valence-corrected chi connectivity index (χ1v) is 7.03. The van der Waals surface area contributed by atoms with Crippen LogP contribution in [-0.4, -0.2) is 26.9 Å². The Morgan fingerprint density at radius 2 is 2.33 bits per heavy atom. The van der Waals surface area contributed by atoms with Crippen molar-refractivity contribution in [3.05, 3.63) is 15.5 Å². The Labute approximate surface area is 114 Å². The van der Waals surface area contributed by atoms with Gasteiger partial charge in [-0.15, -0.1) is 11.3 Å². The van der Waals surface area contributed by atoms with E-state index >= 15 is 0 Å². The van der Waals surface area contributed by atoms with E-state index in [2.05, 4.69) is 15.2 Å². The molecule has 2 heterocycles. The van der Waals surface area contributed by atoms with Crippen molar-refractivity contribution in [2.24, 2.45) is 7.05 Å². The number of nitrogens with one attached hydrogen (secondary N) is 1. The van der Waals surface area contributed by atoms with Gasteiger partial charge >= 0.3 is 0 Å². The van der Waals surface area contributed by atoms with Crippen molar-refractivity contribution in [1.29, 1.82) is 0 Å². The van der Waals surface area contributed by atoms with Crippen LogP contribution in [-0.2, 0) is 18.4 Å². The van der Waals surface area contributed by atoms with E-state index < -0.39 is 0 Å². The van der Waals surface area contributed by atoms with Crippen molar-refractivity contribution in [3.8, 4) is 10.7 Å². The smallest absolute Gasteiger partial charge is 0.195 e. The Hall–Kier alpha value is -1.05. The predicted molar refractivity (Wildman–Crippen MR) is 72.2 cm³/mol. The Balaban J connectivity index is 2.09. The quantitative estimate of drug-likeness (QED) is 0.876. The molecule has 7 heteroatoms. The van der Waals surface area contributed by atoms with Crippen LogP contribution < -0.4 is 0 Å². The number of nitrogens with zero attached hydrogens (tertiary/aromatic N) is 3. The molecular formula is C11H14N4OS2. The van der Waals surface area contributed by atoms with Crippen LogP contribution in [0.1, 0.15) is 29.5 Å². The van der Waals surface area contributed by atoms with Gasteiger partial charge in [0.25, 0.3) is 0 Å². The molecule has 0 saturated heterocycles. The molecule has 0 radical (unpaired) electrons. The molecule has 0 atom stereocenters. The van der Waals surface area contributed by atoms with E-state index in [0.29, 0.717) is 17.3 Å². The number of aromatic amines is 1. The Bertz CT molecular complexity index is 623. The van der Waals surface area contributed by atoms with Crippen molar-refractivity contribution in [2.45, 2.75) is 25.4 Å². The van der Waals surface area contributed by atoms with Crippen molar-refractivity contribution >= 4 is 23.6 Å². The van der Waals surface area contributed by atoms with Gasteiger partial charge < -0.3 is 9.30 Å². The number of methoxy groups -OCH3 is 1. The number of thiazole rings is 1. The second-order valence-corrected chi connectivity index (χ2v) is 5.91. The van der Waals surface area contributed by atoms with Gasteiger partial charge in [0.15, 0.2) is 10.6 Å². The van der Waals surface area contributed by atoms with Crippen LogP contribution in [0, 0.1) is 4.77 Å². The van der Waals surface area contributed by atoms with Crippen LogP contribution in [0.2, 0.25) is 0 Å². The lowest BCUT2D eigenvalue weighted by Crippen LogP contribution is -1.93. The molecule has 1 saturated carbocycles. The van der Waals surface area contributed by atoms with E-state index in [-0.39, 0.29) is 0 Å². The van der Waals surface area contributed by atoms with Gasteiger partial charge in [-0.2, -0.15) is 5.10 Å². The minimum absolute atomic E-state index is 0.555. The van der Waals surface area contributed by atoms with Gasteiger partial charge in [0.2, 0.25) is 0 Å². The average molecular weight is 282 g/mol. The molecular weight excluding hydrogens is 268 g/mol. The molecule has 0 unspecified atom stereocenters. The normalized spacial score (nSPS) is 15.2. The minimum atomic E-state index is 0.555. The van der Waals surface area contributed by atoms with Crippen LogP contribution in [0.15, 0.2) is 0 Å². The third kappa shape index (κ3) is 2.02. The van der Waals surface area contributed by atoms with Crippen molar-refractivity contribution in [1.82, 2.24) is 19.7 Å². The van der Waals surface area contributed by atoms with E-state index in [9.17, 15) is 0 Å². The Morgan fingerprint density at radius 1 is 1.56 bits per heavy atom. The number of hydrogen-bond donors (Lipinski definition) is 1. The summed E-state index contributed by atoms with van der Waals surface area (Å²) in [5.41, 5.74) is 1.16. The highest BCUT2D eigenvalue weighted by atomic mass is 32.1. The number of aromatic nitrogens is 4. The van der Waals surface area contributed by atoms with Crippen molar-refractivity contribution < 1.29 is 4.74 Å². The predicted octanol–water partition coefficient (Wildman–Crippen LogP) is 2.62. The van der Waals surface area contributed by atoms with Gasteiger partial charge in [-0.1, -0.05) is 0 Å². The van der Waals surface area contributed by atoms with Crippen LogP contribution in [0.3, 0.4) is 0 Å². The van der Waals surface area contributed by atoms with Gasteiger partial charge in [0, 0.05) is 20.1 Å². The van der Waals surface area contributed by atoms with E-state index in [4.69, 9.17) is 17.0 Å². The molecule has 1 aliphatic rings. The van der Waals surface area contributed by atoms with Gasteiger partial charge in [-0.3, -0.25) is 5.10 Å². The number of hydrogen-bond acceptors (Lipinski definition) is 5. The molecule has 1 fully saturated rings. The van der Waals surface area contributed by atoms with E-state index in [0.717, 1.165) is 21.4 Å². The summed E-state index contributed by atoms with van der Waals surface area (Å²) in [5.74, 6) is 1.47. The van der Waals surface area contributed by atoms with Crippen molar-refractivity contribution in [3.63, 3.8) is 0 Å². The molecule has 1 N–H and O–H groups in total. The molecule has 0 amide bonds. The van der Waals surface area contributed by atoms with Gasteiger partial charge in [-0.05, 0) is 25.1 Å². The van der Waals surface area contributed by atoms with Crippen molar-refractivity contribution in [2.75, 3.05) is 7.11 Å². The summed E-state index contributed by atoms with van der Waals surface area (Å²) in [6.45, 7) is 0.555. The molecule has 2 aromatic rings. The molecule has 0 aliphatic heterocycles. The van der Waals surface area contributed by atoms with Gasteiger partial charge in [-0.25, -0.2) is 4.98 Å². The maximum Gasteiger partial charge on any atom is 0.195 e.